The van der Waals surface area contributed by atoms with Gasteiger partial charge in [-0.3, -0.25) is 9.98 Å². The van der Waals surface area contributed by atoms with Crippen molar-refractivity contribution in [2.24, 2.45) is 9.98 Å². The summed E-state index contributed by atoms with van der Waals surface area (Å²) in [5.41, 5.74) is 10.9. The van der Waals surface area contributed by atoms with Crippen LogP contribution in [0.1, 0.15) is 36.6 Å². The molecule has 0 aliphatic heterocycles. The van der Waals surface area contributed by atoms with E-state index in [9.17, 15) is 0 Å². The number of amidine groups is 1. The third-order valence-corrected chi connectivity index (χ3v) is 10.6. The summed E-state index contributed by atoms with van der Waals surface area (Å²) in [6.07, 6.45) is 1.88. The Morgan fingerprint density at radius 1 is 0.455 bits per heavy atom. The molecule has 9 rings (SSSR count). The Bertz CT molecular complexity index is 2850. The van der Waals surface area contributed by atoms with Gasteiger partial charge in [-0.05, 0) is 80.2 Å². The Morgan fingerprint density at radius 2 is 0.927 bits per heavy atom. The van der Waals surface area contributed by atoms with Crippen molar-refractivity contribution in [3.05, 3.63) is 211 Å². The number of hydrogen-bond acceptors (Lipinski definition) is 2. The zero-order valence-corrected chi connectivity index (χ0v) is 30.9. The molecule has 1 aromatic heterocycles. The second kappa shape index (κ2) is 14.8. The van der Waals surface area contributed by atoms with Crippen LogP contribution in [0.3, 0.4) is 0 Å². The zero-order chi connectivity index (χ0) is 37.1. The summed E-state index contributed by atoms with van der Waals surface area (Å²) in [7, 11) is 0. The van der Waals surface area contributed by atoms with Gasteiger partial charge in [-0.1, -0.05) is 182 Å². The zero-order valence-electron chi connectivity index (χ0n) is 30.9. The summed E-state index contributed by atoms with van der Waals surface area (Å²) in [6.45, 7) is 4.21. The highest BCUT2D eigenvalue weighted by Crippen LogP contribution is 2.32. The number of aromatic nitrogens is 1. The maximum atomic E-state index is 5.31. The first kappa shape index (κ1) is 33.8. The first-order chi connectivity index (χ1) is 27.1. The van der Waals surface area contributed by atoms with Gasteiger partial charge in [-0.2, -0.15) is 0 Å². The maximum Gasteiger partial charge on any atom is 0.155 e. The quantitative estimate of drug-likeness (QED) is 0.120. The minimum Gasteiger partial charge on any atom is -0.258 e. The molecule has 3 heteroatoms. The first-order valence-electron chi connectivity index (χ1n) is 18.8. The third kappa shape index (κ3) is 6.85. The van der Waals surface area contributed by atoms with Crippen LogP contribution in [0.4, 0.5) is 0 Å². The van der Waals surface area contributed by atoms with Crippen LogP contribution in [0.25, 0.3) is 65.8 Å². The van der Waals surface area contributed by atoms with Crippen molar-refractivity contribution in [2.75, 3.05) is 0 Å². The molecular formula is C52H39N3. The molecule has 262 valence electrons. The van der Waals surface area contributed by atoms with Gasteiger partial charge in [0.15, 0.2) is 5.84 Å². The van der Waals surface area contributed by atoms with Crippen LogP contribution in [-0.4, -0.2) is 16.5 Å². The van der Waals surface area contributed by atoms with Crippen LogP contribution in [0, 0.1) is 0 Å². The molecule has 9 aromatic rings. The lowest BCUT2D eigenvalue weighted by molar-refractivity contribution is 0.819. The molecule has 8 aromatic carbocycles. The smallest absolute Gasteiger partial charge is 0.155 e. The molecule has 1 atom stereocenters. The molecule has 0 N–H and O–H groups in total. The highest BCUT2D eigenvalue weighted by Gasteiger charge is 2.13. The number of benzene rings is 8. The van der Waals surface area contributed by atoms with E-state index in [-0.39, 0.29) is 6.04 Å². The SMILES string of the molecule is CC(=NC(=NC(C)c1ccc(-c2cccc3ccccc23)cc1)c1ccc(-c2cccc3ccccc23)cc1)c1ccc(-c2nccc3ccccc23)cc1. The summed E-state index contributed by atoms with van der Waals surface area (Å²) >= 11 is 0. The molecule has 0 amide bonds. The number of rotatable bonds is 7. The van der Waals surface area contributed by atoms with Crippen molar-refractivity contribution >= 4 is 43.9 Å². The van der Waals surface area contributed by atoms with E-state index in [1.165, 1.54) is 43.6 Å². The lowest BCUT2D eigenvalue weighted by Gasteiger charge is -2.13. The molecule has 0 aliphatic rings. The Kier molecular flexibility index (Phi) is 9.11. The molecule has 0 saturated heterocycles. The fourth-order valence-corrected chi connectivity index (χ4v) is 7.56. The number of aliphatic imine (C=N–C) groups is 2. The van der Waals surface area contributed by atoms with Gasteiger partial charge in [-0.25, -0.2) is 4.99 Å². The summed E-state index contributed by atoms with van der Waals surface area (Å²) in [5, 5.41) is 7.29. The van der Waals surface area contributed by atoms with E-state index in [0.717, 1.165) is 44.6 Å². The van der Waals surface area contributed by atoms with Gasteiger partial charge in [0.05, 0.1) is 11.7 Å². The summed E-state index contributed by atoms with van der Waals surface area (Å²) in [5.74, 6) is 0.701. The van der Waals surface area contributed by atoms with Gasteiger partial charge in [-0.15, -0.1) is 0 Å². The van der Waals surface area contributed by atoms with Crippen molar-refractivity contribution < 1.29 is 0 Å². The van der Waals surface area contributed by atoms with Crippen LogP contribution in [-0.2, 0) is 0 Å². The van der Waals surface area contributed by atoms with E-state index in [0.29, 0.717) is 5.84 Å². The molecule has 0 radical (unpaired) electrons. The average Bonchev–Trinajstić information content (AvgIpc) is 3.25. The molecule has 0 spiro atoms. The molecule has 1 unspecified atom stereocenters. The predicted octanol–water partition coefficient (Wildman–Crippen LogP) is 13.6. The van der Waals surface area contributed by atoms with E-state index in [4.69, 9.17) is 15.0 Å². The average molecular weight is 706 g/mol. The fraction of sp³-hybridized carbons (Fsp3) is 0.0577. The van der Waals surface area contributed by atoms with Gasteiger partial charge in [0.1, 0.15) is 0 Å². The Morgan fingerprint density at radius 3 is 1.53 bits per heavy atom. The molecule has 55 heavy (non-hydrogen) atoms. The monoisotopic (exact) mass is 705 g/mol. The van der Waals surface area contributed by atoms with Crippen molar-refractivity contribution in [1.29, 1.82) is 0 Å². The number of nitrogens with zero attached hydrogens (tertiary/aromatic N) is 3. The standard InChI is InChI=1S/C52H39N3/c1-35(37-21-25-42(26-22-37)48-19-9-14-39-11-3-6-16-46(39)48)54-52(45-31-27-43(28-32-45)49-20-10-15-40-12-4-7-17-47(40)49)55-36(2)38-23-29-44(30-24-38)51-50-18-8-5-13-41(50)33-34-53-51/h3-35H,1-2H3. The predicted molar refractivity (Wildman–Crippen MR) is 233 cm³/mol. The Labute approximate surface area is 322 Å². The van der Waals surface area contributed by atoms with Crippen LogP contribution < -0.4 is 0 Å². The molecule has 1 heterocycles. The van der Waals surface area contributed by atoms with Gasteiger partial charge >= 0.3 is 0 Å². The van der Waals surface area contributed by atoms with E-state index in [2.05, 4.69) is 202 Å². The third-order valence-electron chi connectivity index (χ3n) is 10.6. The van der Waals surface area contributed by atoms with Crippen LogP contribution >= 0.6 is 0 Å². The van der Waals surface area contributed by atoms with Crippen LogP contribution in [0.2, 0.25) is 0 Å². The highest BCUT2D eigenvalue weighted by molar-refractivity contribution is 6.12. The van der Waals surface area contributed by atoms with Crippen LogP contribution in [0.15, 0.2) is 204 Å². The highest BCUT2D eigenvalue weighted by atomic mass is 14.9. The van der Waals surface area contributed by atoms with E-state index < -0.39 is 0 Å². The largest absolute Gasteiger partial charge is 0.258 e. The Balaban J connectivity index is 1.07. The lowest BCUT2D eigenvalue weighted by atomic mass is 9.96. The number of hydrogen-bond donors (Lipinski definition) is 0. The summed E-state index contributed by atoms with van der Waals surface area (Å²) < 4.78 is 0. The van der Waals surface area contributed by atoms with Gasteiger partial charge < -0.3 is 0 Å². The van der Waals surface area contributed by atoms with E-state index >= 15 is 0 Å². The second-order valence-electron chi connectivity index (χ2n) is 14.0. The van der Waals surface area contributed by atoms with E-state index in [1.807, 2.05) is 6.20 Å². The lowest BCUT2D eigenvalue weighted by Crippen LogP contribution is -2.06. The van der Waals surface area contributed by atoms with E-state index in [1.54, 1.807) is 0 Å². The van der Waals surface area contributed by atoms with Gasteiger partial charge in [0.2, 0.25) is 0 Å². The van der Waals surface area contributed by atoms with Crippen molar-refractivity contribution in [1.82, 2.24) is 4.98 Å². The molecular weight excluding hydrogens is 667 g/mol. The van der Waals surface area contributed by atoms with Crippen molar-refractivity contribution in [3.8, 4) is 33.5 Å². The minimum absolute atomic E-state index is 0.120. The van der Waals surface area contributed by atoms with Gasteiger partial charge in [0, 0.05) is 28.4 Å². The summed E-state index contributed by atoms with van der Waals surface area (Å²) in [6, 6.07) is 66.4. The second-order valence-corrected chi connectivity index (χ2v) is 14.0. The molecule has 3 nitrogen and oxygen atoms in total. The fourth-order valence-electron chi connectivity index (χ4n) is 7.56. The summed E-state index contributed by atoms with van der Waals surface area (Å²) in [4.78, 5) is 15.3. The number of pyridine rings is 1. The first-order valence-corrected chi connectivity index (χ1v) is 18.8. The van der Waals surface area contributed by atoms with Gasteiger partial charge in [0.25, 0.3) is 0 Å². The topological polar surface area (TPSA) is 37.6 Å². The molecule has 0 saturated carbocycles. The molecule has 0 aliphatic carbocycles. The maximum absolute atomic E-state index is 5.31. The number of fused-ring (bicyclic) bond motifs is 3. The molecule has 0 fully saturated rings. The van der Waals surface area contributed by atoms with Crippen LogP contribution in [0.5, 0.6) is 0 Å². The van der Waals surface area contributed by atoms with Crippen molar-refractivity contribution in [2.45, 2.75) is 19.9 Å². The minimum atomic E-state index is -0.120. The van der Waals surface area contributed by atoms with Crippen molar-refractivity contribution in [3.63, 3.8) is 0 Å². The Hall–Kier alpha value is -6.97. The normalized spacial score (nSPS) is 12.7. The molecule has 0 bridgehead atoms.